The zero-order chi connectivity index (χ0) is 12.0. The van der Waals surface area contributed by atoms with Crippen molar-refractivity contribution in [2.45, 2.75) is 19.9 Å². The number of aryl methyl sites for hydroxylation is 1. The molecule has 0 spiro atoms. The maximum atomic E-state index is 9.14. The van der Waals surface area contributed by atoms with Gasteiger partial charge in [-0.15, -0.1) is 0 Å². The van der Waals surface area contributed by atoms with Gasteiger partial charge in [0, 0.05) is 13.7 Å². The molecule has 0 fully saturated rings. The Hall–Kier alpha value is -1.37. The van der Waals surface area contributed by atoms with Gasteiger partial charge in [-0.3, -0.25) is 5.32 Å². The smallest absolute Gasteiger partial charge is 0.121 e. The molecule has 1 unspecified atom stereocenters. The van der Waals surface area contributed by atoms with E-state index in [9.17, 15) is 0 Å². The van der Waals surface area contributed by atoms with Gasteiger partial charge in [-0.25, -0.2) is 0 Å². The van der Waals surface area contributed by atoms with Gasteiger partial charge in [0.1, 0.15) is 6.04 Å². The number of rotatable bonds is 5. The zero-order valence-corrected chi connectivity index (χ0v) is 10.1. The first-order chi connectivity index (χ1) is 7.70. The van der Waals surface area contributed by atoms with Gasteiger partial charge in [0.05, 0.1) is 12.7 Å². The van der Waals surface area contributed by atoms with Crippen LogP contribution in [0.4, 0.5) is 0 Å². The molecule has 1 N–H and O–H groups in total. The van der Waals surface area contributed by atoms with Crippen molar-refractivity contribution in [2.75, 3.05) is 20.3 Å². The molecule has 0 aliphatic heterocycles. The number of ether oxygens (including phenoxy) is 1. The normalized spacial score (nSPS) is 12.1. The van der Waals surface area contributed by atoms with Gasteiger partial charge in [0.15, 0.2) is 0 Å². The fourth-order valence-electron chi connectivity index (χ4n) is 1.62. The van der Waals surface area contributed by atoms with Crippen LogP contribution in [0.15, 0.2) is 18.2 Å². The maximum Gasteiger partial charge on any atom is 0.121 e. The lowest BCUT2D eigenvalue weighted by atomic mass is 9.98. The summed E-state index contributed by atoms with van der Waals surface area (Å²) in [7, 11) is 1.65. The Kier molecular flexibility index (Phi) is 4.97. The molecule has 0 aliphatic carbocycles. The second-order valence-corrected chi connectivity index (χ2v) is 3.80. The average Bonchev–Trinajstić information content (AvgIpc) is 2.29. The van der Waals surface area contributed by atoms with E-state index in [0.717, 1.165) is 5.56 Å². The second kappa shape index (κ2) is 6.26. The maximum absolute atomic E-state index is 9.14. The molecular weight excluding hydrogens is 200 g/mol. The lowest BCUT2D eigenvalue weighted by Crippen LogP contribution is -2.24. The highest BCUT2D eigenvalue weighted by atomic mass is 16.5. The predicted molar refractivity (Wildman–Crippen MR) is 64.1 cm³/mol. The molecule has 0 heterocycles. The van der Waals surface area contributed by atoms with Crippen LogP contribution in [0.25, 0.3) is 0 Å². The lowest BCUT2D eigenvalue weighted by molar-refractivity contribution is 0.198. The minimum Gasteiger partial charge on any atom is -0.383 e. The highest BCUT2D eigenvalue weighted by Crippen LogP contribution is 2.19. The van der Waals surface area contributed by atoms with Crippen LogP contribution in [0.2, 0.25) is 0 Å². The van der Waals surface area contributed by atoms with Crippen molar-refractivity contribution in [3.05, 3.63) is 34.9 Å². The van der Waals surface area contributed by atoms with Crippen LogP contribution in [-0.4, -0.2) is 20.3 Å². The van der Waals surface area contributed by atoms with Crippen LogP contribution in [0.1, 0.15) is 22.7 Å². The zero-order valence-electron chi connectivity index (χ0n) is 10.1. The third kappa shape index (κ3) is 3.06. The molecule has 3 nitrogen and oxygen atoms in total. The Labute approximate surface area is 97.0 Å². The van der Waals surface area contributed by atoms with Crippen LogP contribution in [0, 0.1) is 25.2 Å². The van der Waals surface area contributed by atoms with Crippen molar-refractivity contribution < 1.29 is 4.74 Å². The second-order valence-electron chi connectivity index (χ2n) is 3.80. The van der Waals surface area contributed by atoms with Crippen molar-refractivity contribution >= 4 is 0 Å². The third-order valence-electron chi connectivity index (χ3n) is 2.74. The van der Waals surface area contributed by atoms with Crippen molar-refractivity contribution in [2.24, 2.45) is 0 Å². The van der Waals surface area contributed by atoms with Gasteiger partial charge < -0.3 is 4.74 Å². The summed E-state index contributed by atoms with van der Waals surface area (Å²) in [6.07, 6.45) is 0. The van der Waals surface area contributed by atoms with Crippen molar-refractivity contribution in [1.82, 2.24) is 5.32 Å². The van der Waals surface area contributed by atoms with E-state index in [2.05, 4.69) is 24.4 Å². The van der Waals surface area contributed by atoms with Gasteiger partial charge in [-0.05, 0) is 30.5 Å². The van der Waals surface area contributed by atoms with Crippen LogP contribution in [-0.2, 0) is 4.74 Å². The van der Waals surface area contributed by atoms with E-state index < -0.39 is 0 Å². The van der Waals surface area contributed by atoms with Gasteiger partial charge in [-0.1, -0.05) is 18.2 Å². The molecular formula is C13H18N2O. The largest absolute Gasteiger partial charge is 0.383 e. The molecule has 16 heavy (non-hydrogen) atoms. The van der Waals surface area contributed by atoms with Crippen LogP contribution in [0.5, 0.6) is 0 Å². The molecule has 0 aromatic heterocycles. The van der Waals surface area contributed by atoms with Crippen LogP contribution < -0.4 is 5.32 Å². The van der Waals surface area contributed by atoms with Crippen LogP contribution in [0.3, 0.4) is 0 Å². The number of methoxy groups -OCH3 is 1. The molecule has 1 atom stereocenters. The molecule has 0 amide bonds. The highest BCUT2D eigenvalue weighted by Gasteiger charge is 2.12. The Morgan fingerprint density at radius 2 is 2.19 bits per heavy atom. The summed E-state index contributed by atoms with van der Waals surface area (Å²) in [6, 6.07) is 8.06. The standard InChI is InChI=1S/C13H18N2O/c1-10-5-4-6-12(11(10)2)13(9-14)15-7-8-16-3/h4-6,13,15H,7-8H2,1-3H3. The number of hydrogen-bond donors (Lipinski definition) is 1. The minimum absolute atomic E-state index is 0.255. The Bertz CT molecular complexity index is 382. The van der Waals surface area contributed by atoms with Crippen molar-refractivity contribution in [1.29, 1.82) is 5.26 Å². The van der Waals surface area contributed by atoms with E-state index in [1.807, 2.05) is 19.1 Å². The van der Waals surface area contributed by atoms with Crippen LogP contribution >= 0.6 is 0 Å². The van der Waals surface area contributed by atoms with E-state index in [1.54, 1.807) is 7.11 Å². The number of hydrogen-bond acceptors (Lipinski definition) is 3. The molecule has 0 saturated carbocycles. The summed E-state index contributed by atoms with van der Waals surface area (Å²) in [6.45, 7) is 5.40. The summed E-state index contributed by atoms with van der Waals surface area (Å²) in [5, 5.41) is 12.3. The molecule has 1 rings (SSSR count). The minimum atomic E-state index is -0.255. The summed E-state index contributed by atoms with van der Waals surface area (Å²) in [5.74, 6) is 0. The van der Waals surface area contributed by atoms with E-state index in [4.69, 9.17) is 10.00 Å². The molecule has 86 valence electrons. The Morgan fingerprint density at radius 1 is 1.44 bits per heavy atom. The van der Waals surface area contributed by atoms with E-state index in [0.29, 0.717) is 13.2 Å². The van der Waals surface area contributed by atoms with E-state index in [1.165, 1.54) is 11.1 Å². The number of nitrogens with one attached hydrogen (secondary N) is 1. The van der Waals surface area contributed by atoms with Gasteiger partial charge in [0.2, 0.25) is 0 Å². The van der Waals surface area contributed by atoms with Crippen molar-refractivity contribution in [3.63, 3.8) is 0 Å². The number of nitriles is 1. The molecule has 3 heteroatoms. The van der Waals surface area contributed by atoms with Gasteiger partial charge in [0.25, 0.3) is 0 Å². The Balaban J connectivity index is 2.80. The molecule has 0 aliphatic rings. The molecule has 1 aromatic rings. The average molecular weight is 218 g/mol. The van der Waals surface area contributed by atoms with Gasteiger partial charge >= 0.3 is 0 Å². The summed E-state index contributed by atoms with van der Waals surface area (Å²) in [4.78, 5) is 0. The van der Waals surface area contributed by atoms with E-state index >= 15 is 0 Å². The molecule has 0 radical (unpaired) electrons. The first-order valence-electron chi connectivity index (χ1n) is 5.38. The fourth-order valence-corrected chi connectivity index (χ4v) is 1.62. The van der Waals surface area contributed by atoms with Gasteiger partial charge in [-0.2, -0.15) is 5.26 Å². The molecule has 0 saturated heterocycles. The highest BCUT2D eigenvalue weighted by molar-refractivity contribution is 5.37. The molecule has 1 aromatic carbocycles. The quantitative estimate of drug-likeness (QED) is 0.770. The first kappa shape index (κ1) is 12.7. The summed E-state index contributed by atoms with van der Waals surface area (Å²) in [5.41, 5.74) is 3.45. The number of nitrogens with zero attached hydrogens (tertiary/aromatic N) is 1. The third-order valence-corrected chi connectivity index (χ3v) is 2.74. The lowest BCUT2D eigenvalue weighted by Gasteiger charge is -2.15. The SMILES string of the molecule is COCCNC(C#N)c1cccc(C)c1C. The summed E-state index contributed by atoms with van der Waals surface area (Å²) >= 11 is 0. The topological polar surface area (TPSA) is 45.0 Å². The monoisotopic (exact) mass is 218 g/mol. The summed E-state index contributed by atoms with van der Waals surface area (Å²) < 4.78 is 4.95. The van der Waals surface area contributed by atoms with E-state index in [-0.39, 0.29) is 6.04 Å². The first-order valence-corrected chi connectivity index (χ1v) is 5.38. The van der Waals surface area contributed by atoms with Crippen molar-refractivity contribution in [3.8, 4) is 6.07 Å². The number of benzene rings is 1. The predicted octanol–water partition coefficient (Wildman–Crippen LogP) is 2.10. The Morgan fingerprint density at radius 3 is 2.81 bits per heavy atom. The fraction of sp³-hybridized carbons (Fsp3) is 0.462. The molecule has 0 bridgehead atoms.